The minimum absolute atomic E-state index is 0.0135. The lowest BCUT2D eigenvalue weighted by Crippen LogP contribution is -2.27. The van der Waals surface area contributed by atoms with Crippen LogP contribution in [0.3, 0.4) is 0 Å². The van der Waals surface area contributed by atoms with Gasteiger partial charge in [0.2, 0.25) is 11.8 Å². The summed E-state index contributed by atoms with van der Waals surface area (Å²) in [4.78, 5) is 23.9. The molecule has 0 aliphatic rings. The van der Waals surface area contributed by atoms with Crippen LogP contribution in [-0.4, -0.2) is 21.6 Å². The molecule has 0 saturated carbocycles. The predicted molar refractivity (Wildman–Crippen MR) is 93.8 cm³/mol. The molecule has 1 aromatic carbocycles. The lowest BCUT2D eigenvalue weighted by atomic mass is 10.1. The van der Waals surface area contributed by atoms with E-state index in [1.54, 1.807) is 4.68 Å². The first-order valence-electron chi connectivity index (χ1n) is 7.80. The Morgan fingerprint density at radius 2 is 2.00 bits per heavy atom. The summed E-state index contributed by atoms with van der Waals surface area (Å²) in [6.07, 6.45) is 1.91. The Morgan fingerprint density at radius 3 is 2.60 bits per heavy atom. The third-order valence-corrected chi connectivity index (χ3v) is 3.97. The lowest BCUT2D eigenvalue weighted by molar-refractivity contribution is -0.124. The SMILES string of the molecule is Cc1nn(C)cc1[C@H](C)NC(=O)CCC(=O)Nc1ccc(F)c(Cl)c1. The van der Waals surface area contributed by atoms with Gasteiger partial charge in [0.1, 0.15) is 5.82 Å². The van der Waals surface area contributed by atoms with Gasteiger partial charge in [-0.05, 0) is 32.0 Å². The first kappa shape index (κ1) is 18.9. The first-order chi connectivity index (χ1) is 11.8. The van der Waals surface area contributed by atoms with E-state index >= 15 is 0 Å². The number of benzene rings is 1. The fourth-order valence-corrected chi connectivity index (χ4v) is 2.64. The maximum Gasteiger partial charge on any atom is 0.224 e. The molecule has 134 valence electrons. The Bertz CT molecular complexity index is 791. The van der Waals surface area contributed by atoms with Crippen molar-refractivity contribution in [1.29, 1.82) is 0 Å². The van der Waals surface area contributed by atoms with E-state index in [4.69, 9.17) is 11.6 Å². The standard InChI is InChI=1S/C17H20ClFN4O2/c1-10(13-9-23(3)22-11(13)2)20-16(24)6-7-17(25)21-12-4-5-15(19)14(18)8-12/h4-5,8-10H,6-7H2,1-3H3,(H,20,24)(H,21,25)/t10-/m0/s1. The van der Waals surface area contributed by atoms with Crippen LogP contribution in [0, 0.1) is 12.7 Å². The Kier molecular flexibility index (Phi) is 6.14. The number of rotatable bonds is 6. The summed E-state index contributed by atoms with van der Waals surface area (Å²) in [6, 6.07) is 3.71. The lowest BCUT2D eigenvalue weighted by Gasteiger charge is -2.13. The Balaban J connectivity index is 1.81. The van der Waals surface area contributed by atoms with Crippen LogP contribution in [0.1, 0.15) is 37.1 Å². The molecule has 1 heterocycles. The maximum atomic E-state index is 13.1. The van der Waals surface area contributed by atoms with Crippen LogP contribution < -0.4 is 10.6 Å². The summed E-state index contributed by atoms with van der Waals surface area (Å²) in [5.41, 5.74) is 2.17. The number of anilines is 1. The van der Waals surface area contributed by atoms with E-state index in [0.29, 0.717) is 5.69 Å². The molecule has 0 bridgehead atoms. The van der Waals surface area contributed by atoms with Crippen molar-refractivity contribution in [2.75, 3.05) is 5.32 Å². The quantitative estimate of drug-likeness (QED) is 0.824. The van der Waals surface area contributed by atoms with E-state index in [-0.39, 0.29) is 35.7 Å². The molecule has 0 radical (unpaired) electrons. The second kappa shape index (κ2) is 8.11. The number of carbonyl (C=O) groups is 2. The van der Waals surface area contributed by atoms with Crippen molar-refractivity contribution in [2.24, 2.45) is 7.05 Å². The van der Waals surface area contributed by atoms with E-state index in [1.165, 1.54) is 18.2 Å². The Morgan fingerprint density at radius 1 is 1.32 bits per heavy atom. The Labute approximate surface area is 150 Å². The van der Waals surface area contributed by atoms with Crippen LogP contribution in [0.25, 0.3) is 0 Å². The molecule has 2 N–H and O–H groups in total. The topological polar surface area (TPSA) is 76.0 Å². The number of amides is 2. The van der Waals surface area contributed by atoms with Gasteiger partial charge >= 0.3 is 0 Å². The minimum atomic E-state index is -0.557. The normalized spacial score (nSPS) is 11.9. The molecule has 0 aliphatic heterocycles. The van der Waals surface area contributed by atoms with Crippen LogP contribution in [0.5, 0.6) is 0 Å². The molecule has 0 fully saturated rings. The van der Waals surface area contributed by atoms with E-state index in [2.05, 4.69) is 15.7 Å². The van der Waals surface area contributed by atoms with Crippen molar-refractivity contribution >= 4 is 29.1 Å². The fraction of sp³-hybridized carbons (Fsp3) is 0.353. The fourth-order valence-electron chi connectivity index (χ4n) is 2.46. The van der Waals surface area contributed by atoms with E-state index in [9.17, 15) is 14.0 Å². The minimum Gasteiger partial charge on any atom is -0.349 e. The zero-order valence-electron chi connectivity index (χ0n) is 14.3. The number of nitrogens with zero attached hydrogens (tertiary/aromatic N) is 2. The molecule has 8 heteroatoms. The number of aromatic nitrogens is 2. The summed E-state index contributed by atoms with van der Waals surface area (Å²) in [5, 5.41) is 9.59. The molecule has 1 atom stereocenters. The van der Waals surface area contributed by atoms with Crippen molar-refractivity contribution in [1.82, 2.24) is 15.1 Å². The summed E-state index contributed by atoms with van der Waals surface area (Å²) >= 11 is 5.66. The van der Waals surface area contributed by atoms with Gasteiger partial charge < -0.3 is 10.6 Å². The average Bonchev–Trinajstić information content (AvgIpc) is 2.87. The van der Waals surface area contributed by atoms with E-state index < -0.39 is 5.82 Å². The van der Waals surface area contributed by atoms with Crippen LogP contribution in [0.4, 0.5) is 10.1 Å². The molecular weight excluding hydrogens is 347 g/mol. The van der Waals surface area contributed by atoms with Gasteiger partial charge in [0.15, 0.2) is 0 Å². The van der Waals surface area contributed by atoms with Crippen molar-refractivity contribution < 1.29 is 14.0 Å². The van der Waals surface area contributed by atoms with Crippen LogP contribution >= 0.6 is 11.6 Å². The molecule has 2 amide bonds. The highest BCUT2D eigenvalue weighted by atomic mass is 35.5. The van der Waals surface area contributed by atoms with Gasteiger partial charge in [-0.3, -0.25) is 14.3 Å². The molecule has 0 spiro atoms. The van der Waals surface area contributed by atoms with E-state index in [0.717, 1.165) is 11.3 Å². The van der Waals surface area contributed by atoms with Gasteiger partial charge in [-0.15, -0.1) is 0 Å². The van der Waals surface area contributed by atoms with Crippen molar-refractivity contribution in [3.05, 3.63) is 46.5 Å². The third kappa shape index (κ3) is 5.29. The number of hydrogen-bond donors (Lipinski definition) is 2. The molecule has 0 saturated heterocycles. The summed E-state index contributed by atoms with van der Waals surface area (Å²) in [6.45, 7) is 3.74. The maximum absolute atomic E-state index is 13.1. The summed E-state index contributed by atoms with van der Waals surface area (Å²) < 4.78 is 14.8. The highest BCUT2D eigenvalue weighted by Crippen LogP contribution is 2.19. The summed E-state index contributed by atoms with van der Waals surface area (Å²) in [5.74, 6) is -1.13. The highest BCUT2D eigenvalue weighted by molar-refractivity contribution is 6.31. The monoisotopic (exact) mass is 366 g/mol. The number of halogens is 2. The molecule has 0 unspecified atom stereocenters. The number of hydrogen-bond acceptors (Lipinski definition) is 3. The molecule has 2 aromatic rings. The molecule has 0 aliphatic carbocycles. The van der Waals surface area contributed by atoms with Crippen molar-refractivity contribution in [2.45, 2.75) is 32.7 Å². The summed E-state index contributed by atoms with van der Waals surface area (Å²) in [7, 11) is 1.82. The van der Waals surface area contributed by atoms with Gasteiger partial charge in [0, 0.05) is 37.3 Å². The number of nitrogens with one attached hydrogen (secondary N) is 2. The second-order valence-corrected chi connectivity index (χ2v) is 6.22. The van der Waals surface area contributed by atoms with Crippen LogP contribution in [-0.2, 0) is 16.6 Å². The number of aryl methyl sites for hydroxylation is 2. The van der Waals surface area contributed by atoms with Crippen LogP contribution in [0.15, 0.2) is 24.4 Å². The van der Waals surface area contributed by atoms with Crippen LogP contribution in [0.2, 0.25) is 5.02 Å². The Hall–Kier alpha value is -2.41. The van der Waals surface area contributed by atoms with Crippen molar-refractivity contribution in [3.63, 3.8) is 0 Å². The van der Waals surface area contributed by atoms with Gasteiger partial charge in [-0.1, -0.05) is 11.6 Å². The van der Waals surface area contributed by atoms with Gasteiger partial charge in [0.05, 0.1) is 16.8 Å². The number of carbonyl (C=O) groups excluding carboxylic acids is 2. The van der Waals surface area contributed by atoms with Crippen molar-refractivity contribution in [3.8, 4) is 0 Å². The van der Waals surface area contributed by atoms with E-state index in [1.807, 2.05) is 27.1 Å². The van der Waals surface area contributed by atoms with Gasteiger partial charge in [-0.25, -0.2) is 4.39 Å². The predicted octanol–water partition coefficient (Wildman–Crippen LogP) is 3.12. The average molecular weight is 367 g/mol. The zero-order chi connectivity index (χ0) is 18.6. The molecular formula is C17H20ClFN4O2. The molecule has 25 heavy (non-hydrogen) atoms. The van der Waals surface area contributed by atoms with Gasteiger partial charge in [0.25, 0.3) is 0 Å². The molecule has 2 rings (SSSR count). The molecule has 6 nitrogen and oxygen atoms in total. The third-order valence-electron chi connectivity index (χ3n) is 3.68. The molecule has 1 aromatic heterocycles. The largest absolute Gasteiger partial charge is 0.349 e. The smallest absolute Gasteiger partial charge is 0.224 e. The highest BCUT2D eigenvalue weighted by Gasteiger charge is 2.15. The first-order valence-corrected chi connectivity index (χ1v) is 8.18. The van der Waals surface area contributed by atoms with Gasteiger partial charge in [-0.2, -0.15) is 5.10 Å². The zero-order valence-corrected chi connectivity index (χ0v) is 15.0. The second-order valence-electron chi connectivity index (χ2n) is 5.81.